The van der Waals surface area contributed by atoms with Gasteiger partial charge in [0.05, 0.1) is 0 Å². The van der Waals surface area contributed by atoms with Gasteiger partial charge in [-0.25, -0.2) is 0 Å². The summed E-state index contributed by atoms with van der Waals surface area (Å²) in [6, 6.07) is 11.2. The number of fused-ring (bicyclic) bond motifs is 1. The van der Waals surface area contributed by atoms with Gasteiger partial charge in [-0.15, -0.1) is 0 Å². The molecule has 88 valence electrons. The summed E-state index contributed by atoms with van der Waals surface area (Å²) in [6.45, 7) is 10.9. The van der Waals surface area contributed by atoms with Gasteiger partial charge in [-0.3, -0.25) is 0 Å². The molecule has 0 saturated carbocycles. The minimum atomic E-state index is 0.546. The van der Waals surface area contributed by atoms with Crippen LogP contribution in [0.2, 0.25) is 0 Å². The number of rotatable bonds is 1. The molecule has 0 amide bonds. The topological polar surface area (TPSA) is 4.93 Å². The van der Waals surface area contributed by atoms with Crippen molar-refractivity contribution in [2.24, 2.45) is 5.92 Å². The molecule has 0 aliphatic carbocycles. The van der Waals surface area contributed by atoms with Crippen LogP contribution in [0.15, 0.2) is 36.5 Å². The summed E-state index contributed by atoms with van der Waals surface area (Å²) in [4.78, 5) is 0. The fourth-order valence-electron chi connectivity index (χ4n) is 1.55. The average Bonchev–Trinajstić information content (AvgIpc) is 2.59. The maximum absolute atomic E-state index is 2.29. The van der Waals surface area contributed by atoms with E-state index in [0.29, 0.717) is 6.04 Å². The van der Waals surface area contributed by atoms with E-state index in [4.69, 9.17) is 0 Å². The van der Waals surface area contributed by atoms with Crippen LogP contribution in [-0.2, 0) is 0 Å². The van der Waals surface area contributed by atoms with Gasteiger partial charge >= 0.3 is 0 Å². The zero-order valence-electron chi connectivity index (χ0n) is 11.1. The Hall–Kier alpha value is -1.24. The fourth-order valence-corrected chi connectivity index (χ4v) is 1.55. The fraction of sp³-hybridized carbons (Fsp3) is 0.467. The molecule has 1 aromatic carbocycles. The van der Waals surface area contributed by atoms with Crippen molar-refractivity contribution >= 4 is 10.9 Å². The maximum Gasteiger partial charge on any atom is 0.0482 e. The van der Waals surface area contributed by atoms with E-state index in [1.807, 2.05) is 0 Å². The molecule has 1 heterocycles. The summed E-state index contributed by atoms with van der Waals surface area (Å²) in [7, 11) is 0. The predicted octanol–water partition coefficient (Wildman–Crippen LogP) is 4.88. The summed E-state index contributed by atoms with van der Waals surface area (Å²) in [5.41, 5.74) is 1.33. The van der Waals surface area contributed by atoms with Crippen molar-refractivity contribution in [3.63, 3.8) is 0 Å². The second-order valence-corrected chi connectivity index (χ2v) is 5.11. The quantitative estimate of drug-likeness (QED) is 0.641. The van der Waals surface area contributed by atoms with Crippen molar-refractivity contribution in [3.05, 3.63) is 36.5 Å². The lowest BCUT2D eigenvalue weighted by Gasteiger charge is -2.08. The van der Waals surface area contributed by atoms with Crippen molar-refractivity contribution in [1.82, 2.24) is 4.57 Å². The minimum Gasteiger partial charge on any atom is -0.345 e. The molecule has 0 radical (unpaired) electrons. The van der Waals surface area contributed by atoms with Crippen LogP contribution in [0.3, 0.4) is 0 Å². The van der Waals surface area contributed by atoms with Gasteiger partial charge < -0.3 is 4.57 Å². The van der Waals surface area contributed by atoms with Gasteiger partial charge in [0.1, 0.15) is 0 Å². The number of nitrogens with zero attached hydrogens (tertiary/aromatic N) is 1. The van der Waals surface area contributed by atoms with Gasteiger partial charge in [-0.2, -0.15) is 0 Å². The molecule has 1 heteroatoms. The van der Waals surface area contributed by atoms with E-state index in [1.54, 1.807) is 0 Å². The molecule has 0 bridgehead atoms. The third-order valence-electron chi connectivity index (χ3n) is 2.19. The van der Waals surface area contributed by atoms with E-state index in [0.717, 1.165) is 5.92 Å². The first kappa shape index (κ1) is 12.8. The number of aromatic nitrogens is 1. The molecule has 0 saturated heterocycles. The lowest BCUT2D eigenvalue weighted by Crippen LogP contribution is -1.97. The molecule has 0 aliphatic heterocycles. The second-order valence-electron chi connectivity index (χ2n) is 5.11. The summed E-state index contributed by atoms with van der Waals surface area (Å²) < 4.78 is 2.29. The van der Waals surface area contributed by atoms with Crippen LogP contribution in [0, 0.1) is 5.92 Å². The zero-order valence-corrected chi connectivity index (χ0v) is 11.1. The van der Waals surface area contributed by atoms with Crippen molar-refractivity contribution in [3.8, 4) is 0 Å². The Morgan fingerprint density at radius 1 is 0.875 bits per heavy atom. The van der Waals surface area contributed by atoms with Gasteiger partial charge in [-0.05, 0) is 37.3 Å². The highest BCUT2D eigenvalue weighted by Crippen LogP contribution is 2.18. The molecule has 1 aromatic heterocycles. The lowest BCUT2D eigenvalue weighted by atomic mass is 10.2. The Morgan fingerprint density at radius 3 is 2.00 bits per heavy atom. The van der Waals surface area contributed by atoms with Crippen LogP contribution < -0.4 is 0 Å². The van der Waals surface area contributed by atoms with Crippen LogP contribution in [0.25, 0.3) is 10.9 Å². The molecule has 0 spiro atoms. The Kier molecular flexibility index (Phi) is 4.60. The second kappa shape index (κ2) is 5.74. The van der Waals surface area contributed by atoms with E-state index in [2.05, 4.69) is 75.7 Å². The SMILES string of the molecule is CC(C)C.CC(C)n1ccc2ccccc21. The predicted molar refractivity (Wildman–Crippen MR) is 72.8 cm³/mol. The van der Waals surface area contributed by atoms with E-state index >= 15 is 0 Å². The minimum absolute atomic E-state index is 0.546. The molecular weight excluding hydrogens is 194 g/mol. The largest absolute Gasteiger partial charge is 0.345 e. The summed E-state index contributed by atoms with van der Waals surface area (Å²) in [5.74, 6) is 0.833. The molecule has 0 atom stereocenters. The smallest absolute Gasteiger partial charge is 0.0482 e. The Labute approximate surface area is 99.1 Å². The van der Waals surface area contributed by atoms with Gasteiger partial charge in [0, 0.05) is 17.8 Å². The molecular formula is C15H23N. The molecule has 2 rings (SSSR count). The van der Waals surface area contributed by atoms with Gasteiger partial charge in [0.25, 0.3) is 0 Å². The first-order chi connectivity index (χ1) is 7.52. The first-order valence-electron chi connectivity index (χ1n) is 6.08. The number of hydrogen-bond acceptors (Lipinski definition) is 0. The Bertz CT molecular complexity index is 421. The van der Waals surface area contributed by atoms with Gasteiger partial charge in [0.2, 0.25) is 0 Å². The normalized spacial score (nSPS) is 10.7. The van der Waals surface area contributed by atoms with Crippen LogP contribution in [0.5, 0.6) is 0 Å². The van der Waals surface area contributed by atoms with Crippen molar-refractivity contribution < 1.29 is 0 Å². The maximum atomic E-state index is 2.29. The van der Waals surface area contributed by atoms with E-state index in [-0.39, 0.29) is 0 Å². The van der Waals surface area contributed by atoms with Crippen molar-refractivity contribution in [1.29, 1.82) is 0 Å². The third-order valence-corrected chi connectivity index (χ3v) is 2.19. The summed E-state index contributed by atoms with van der Waals surface area (Å²) >= 11 is 0. The molecule has 1 nitrogen and oxygen atoms in total. The average molecular weight is 217 g/mol. The Balaban J connectivity index is 0.000000280. The first-order valence-corrected chi connectivity index (χ1v) is 6.08. The summed E-state index contributed by atoms with van der Waals surface area (Å²) in [6.07, 6.45) is 2.15. The molecule has 0 aliphatic rings. The number of hydrogen-bond donors (Lipinski definition) is 0. The Morgan fingerprint density at radius 2 is 1.44 bits per heavy atom. The lowest BCUT2D eigenvalue weighted by molar-refractivity contribution is 0.623. The number of benzene rings is 1. The van der Waals surface area contributed by atoms with Crippen molar-refractivity contribution in [2.75, 3.05) is 0 Å². The standard InChI is InChI=1S/C11H13N.C4H10/c1-9(2)12-8-7-10-5-3-4-6-11(10)12;1-4(2)3/h3-9H,1-2H3;4H,1-3H3. The van der Waals surface area contributed by atoms with Crippen molar-refractivity contribution in [2.45, 2.75) is 40.7 Å². The van der Waals surface area contributed by atoms with Gasteiger partial charge in [-0.1, -0.05) is 39.0 Å². The van der Waals surface area contributed by atoms with E-state index in [1.165, 1.54) is 10.9 Å². The molecule has 2 aromatic rings. The van der Waals surface area contributed by atoms with Crippen LogP contribution >= 0.6 is 0 Å². The van der Waals surface area contributed by atoms with Gasteiger partial charge in [0.15, 0.2) is 0 Å². The van der Waals surface area contributed by atoms with E-state index < -0.39 is 0 Å². The monoisotopic (exact) mass is 217 g/mol. The molecule has 0 fully saturated rings. The van der Waals surface area contributed by atoms with E-state index in [9.17, 15) is 0 Å². The summed E-state index contributed by atoms with van der Waals surface area (Å²) in [5, 5.41) is 1.33. The molecule has 0 unspecified atom stereocenters. The zero-order chi connectivity index (χ0) is 12.1. The molecule has 0 N–H and O–H groups in total. The highest BCUT2D eigenvalue weighted by atomic mass is 15.0. The van der Waals surface area contributed by atoms with Crippen LogP contribution in [0.1, 0.15) is 40.7 Å². The van der Waals surface area contributed by atoms with Crippen LogP contribution in [-0.4, -0.2) is 4.57 Å². The number of para-hydroxylation sites is 1. The highest BCUT2D eigenvalue weighted by Gasteiger charge is 2.01. The highest BCUT2D eigenvalue weighted by molar-refractivity contribution is 5.80. The van der Waals surface area contributed by atoms with Crippen LogP contribution in [0.4, 0.5) is 0 Å². The third kappa shape index (κ3) is 3.41. The molecule has 16 heavy (non-hydrogen) atoms.